The molecular formula is C12H11NO2. The van der Waals surface area contributed by atoms with Crippen molar-refractivity contribution in [3.8, 4) is 11.5 Å². The maximum atomic E-state index is 10.3. The summed E-state index contributed by atoms with van der Waals surface area (Å²) in [5.41, 5.74) is 2.05. The molecule has 2 aromatic rings. The van der Waals surface area contributed by atoms with Crippen molar-refractivity contribution in [2.24, 2.45) is 0 Å². The van der Waals surface area contributed by atoms with Gasteiger partial charge in [0.25, 0.3) is 0 Å². The largest absolute Gasteiger partial charge is 0.445 e. The van der Waals surface area contributed by atoms with E-state index < -0.39 is 0 Å². The van der Waals surface area contributed by atoms with Crippen LogP contribution in [-0.2, 0) is 11.2 Å². The third-order valence-corrected chi connectivity index (χ3v) is 2.21. The zero-order valence-corrected chi connectivity index (χ0v) is 8.22. The van der Waals surface area contributed by atoms with Crippen molar-refractivity contribution >= 4 is 6.29 Å². The first-order valence-corrected chi connectivity index (χ1v) is 4.83. The molecule has 0 atom stereocenters. The molecule has 0 spiro atoms. The van der Waals surface area contributed by atoms with Gasteiger partial charge in [0.05, 0.1) is 6.20 Å². The molecule has 15 heavy (non-hydrogen) atoms. The summed E-state index contributed by atoms with van der Waals surface area (Å²) in [6.45, 7) is 0. The van der Waals surface area contributed by atoms with Gasteiger partial charge in [-0.3, -0.25) is 0 Å². The molecular weight excluding hydrogens is 190 g/mol. The Morgan fingerprint density at radius 1 is 1.33 bits per heavy atom. The summed E-state index contributed by atoms with van der Waals surface area (Å²) >= 11 is 0. The van der Waals surface area contributed by atoms with E-state index in [9.17, 15) is 4.79 Å². The molecule has 0 N–H and O–H groups in total. The summed E-state index contributed by atoms with van der Waals surface area (Å²) in [6, 6.07) is 7.82. The van der Waals surface area contributed by atoms with Crippen LogP contribution in [0.5, 0.6) is 0 Å². The molecule has 0 radical (unpaired) electrons. The van der Waals surface area contributed by atoms with E-state index in [4.69, 9.17) is 4.42 Å². The smallest absolute Gasteiger partial charge is 0.226 e. The Morgan fingerprint density at radius 3 is 2.93 bits per heavy atom. The maximum Gasteiger partial charge on any atom is 0.226 e. The van der Waals surface area contributed by atoms with E-state index in [1.165, 1.54) is 0 Å². The van der Waals surface area contributed by atoms with Gasteiger partial charge in [0.15, 0.2) is 0 Å². The second-order valence-electron chi connectivity index (χ2n) is 3.20. The fourth-order valence-corrected chi connectivity index (χ4v) is 1.52. The normalized spacial score (nSPS) is 10.1. The third-order valence-electron chi connectivity index (χ3n) is 2.21. The van der Waals surface area contributed by atoms with Gasteiger partial charge in [-0.2, -0.15) is 0 Å². The minimum Gasteiger partial charge on any atom is -0.445 e. The Hall–Kier alpha value is -1.90. The molecule has 1 heterocycles. The molecule has 3 heteroatoms. The van der Waals surface area contributed by atoms with Crippen LogP contribution in [0.4, 0.5) is 0 Å². The number of benzene rings is 1. The number of hydrogen-bond donors (Lipinski definition) is 0. The molecule has 1 aromatic heterocycles. The zero-order valence-electron chi connectivity index (χ0n) is 8.22. The van der Waals surface area contributed by atoms with E-state index in [2.05, 4.69) is 4.98 Å². The Bertz CT molecular complexity index is 435. The van der Waals surface area contributed by atoms with Crippen molar-refractivity contribution in [2.45, 2.75) is 12.8 Å². The number of oxazole rings is 1. The molecule has 0 bridgehead atoms. The minimum atomic E-state index is 0.526. The van der Waals surface area contributed by atoms with Gasteiger partial charge in [-0.15, -0.1) is 0 Å². The molecule has 3 nitrogen and oxygen atoms in total. The molecule has 2 rings (SSSR count). The molecule has 0 saturated carbocycles. The van der Waals surface area contributed by atoms with Crippen LogP contribution in [0.2, 0.25) is 0 Å². The number of carbonyl (C=O) groups excluding carboxylic acids is 1. The SMILES string of the molecule is O=CCCc1ccccc1-c1ncco1. The summed E-state index contributed by atoms with van der Waals surface area (Å²) in [6.07, 6.45) is 5.34. The van der Waals surface area contributed by atoms with Crippen LogP contribution in [0.15, 0.2) is 41.1 Å². The predicted octanol–water partition coefficient (Wildman–Crippen LogP) is 2.47. The molecule has 0 aliphatic rings. The van der Waals surface area contributed by atoms with E-state index in [-0.39, 0.29) is 0 Å². The maximum absolute atomic E-state index is 10.3. The molecule has 76 valence electrons. The lowest BCUT2D eigenvalue weighted by Crippen LogP contribution is -1.90. The second kappa shape index (κ2) is 4.55. The first-order chi connectivity index (χ1) is 7.42. The van der Waals surface area contributed by atoms with Gasteiger partial charge in [0, 0.05) is 12.0 Å². The van der Waals surface area contributed by atoms with Gasteiger partial charge in [-0.1, -0.05) is 18.2 Å². The van der Waals surface area contributed by atoms with Crippen molar-refractivity contribution in [3.63, 3.8) is 0 Å². The van der Waals surface area contributed by atoms with Gasteiger partial charge in [0.2, 0.25) is 5.89 Å². The number of aldehydes is 1. The van der Waals surface area contributed by atoms with Crippen molar-refractivity contribution < 1.29 is 9.21 Å². The van der Waals surface area contributed by atoms with Gasteiger partial charge in [-0.05, 0) is 18.1 Å². The lowest BCUT2D eigenvalue weighted by molar-refractivity contribution is -0.107. The Kier molecular flexibility index (Phi) is 2.93. The predicted molar refractivity (Wildman–Crippen MR) is 56.3 cm³/mol. The highest BCUT2D eigenvalue weighted by Gasteiger charge is 2.07. The first-order valence-electron chi connectivity index (χ1n) is 4.83. The quantitative estimate of drug-likeness (QED) is 0.713. The van der Waals surface area contributed by atoms with Gasteiger partial charge >= 0.3 is 0 Å². The number of aryl methyl sites for hydroxylation is 1. The number of carbonyl (C=O) groups is 1. The summed E-state index contributed by atoms with van der Waals surface area (Å²) < 4.78 is 5.24. The number of hydrogen-bond acceptors (Lipinski definition) is 3. The summed E-state index contributed by atoms with van der Waals surface area (Å²) in [4.78, 5) is 14.4. The average molecular weight is 201 g/mol. The van der Waals surface area contributed by atoms with Crippen LogP contribution >= 0.6 is 0 Å². The molecule has 0 unspecified atom stereocenters. The van der Waals surface area contributed by atoms with E-state index >= 15 is 0 Å². The highest BCUT2D eigenvalue weighted by molar-refractivity contribution is 5.60. The summed E-state index contributed by atoms with van der Waals surface area (Å²) in [5.74, 6) is 0.608. The lowest BCUT2D eigenvalue weighted by atomic mass is 10.0. The van der Waals surface area contributed by atoms with Crippen LogP contribution in [0, 0.1) is 0 Å². The van der Waals surface area contributed by atoms with Crippen molar-refractivity contribution in [1.29, 1.82) is 0 Å². The number of rotatable bonds is 4. The highest BCUT2D eigenvalue weighted by Crippen LogP contribution is 2.22. The number of aromatic nitrogens is 1. The second-order valence-corrected chi connectivity index (χ2v) is 3.20. The minimum absolute atomic E-state index is 0.526. The van der Waals surface area contributed by atoms with Crippen LogP contribution < -0.4 is 0 Å². The van der Waals surface area contributed by atoms with Crippen LogP contribution in [-0.4, -0.2) is 11.3 Å². The standard InChI is InChI=1S/C12H11NO2/c14-8-3-5-10-4-1-2-6-11(10)12-13-7-9-15-12/h1-2,4,6-9H,3,5H2. The number of nitrogens with zero attached hydrogens (tertiary/aromatic N) is 1. The Labute approximate surface area is 87.8 Å². The summed E-state index contributed by atoms with van der Waals surface area (Å²) in [7, 11) is 0. The lowest BCUT2D eigenvalue weighted by Gasteiger charge is -2.03. The molecule has 0 fully saturated rings. The Morgan fingerprint density at radius 2 is 2.20 bits per heavy atom. The van der Waals surface area contributed by atoms with Gasteiger partial charge in [0.1, 0.15) is 12.5 Å². The Balaban J connectivity index is 2.34. The monoisotopic (exact) mass is 201 g/mol. The molecule has 0 saturated heterocycles. The average Bonchev–Trinajstić information content (AvgIpc) is 2.80. The van der Waals surface area contributed by atoms with Crippen LogP contribution in [0.25, 0.3) is 11.5 Å². The molecule has 0 aliphatic carbocycles. The highest BCUT2D eigenvalue weighted by atomic mass is 16.3. The molecule has 1 aromatic carbocycles. The third kappa shape index (κ3) is 2.13. The summed E-state index contributed by atoms with van der Waals surface area (Å²) in [5, 5.41) is 0. The van der Waals surface area contributed by atoms with E-state index in [0.29, 0.717) is 12.3 Å². The van der Waals surface area contributed by atoms with Crippen LogP contribution in [0.3, 0.4) is 0 Å². The zero-order chi connectivity index (χ0) is 10.5. The fraction of sp³-hybridized carbons (Fsp3) is 0.167. The van der Waals surface area contributed by atoms with Crippen molar-refractivity contribution in [2.75, 3.05) is 0 Å². The van der Waals surface area contributed by atoms with Crippen molar-refractivity contribution in [1.82, 2.24) is 4.98 Å². The van der Waals surface area contributed by atoms with Gasteiger partial charge in [-0.25, -0.2) is 4.98 Å². The molecule has 0 aliphatic heterocycles. The molecule has 0 amide bonds. The van der Waals surface area contributed by atoms with Crippen molar-refractivity contribution in [3.05, 3.63) is 42.3 Å². The topological polar surface area (TPSA) is 43.1 Å². The van der Waals surface area contributed by atoms with E-state index in [1.807, 2.05) is 24.3 Å². The van der Waals surface area contributed by atoms with Crippen LogP contribution in [0.1, 0.15) is 12.0 Å². The fourth-order valence-electron chi connectivity index (χ4n) is 1.52. The first kappa shape index (κ1) is 9.65. The van der Waals surface area contributed by atoms with E-state index in [1.54, 1.807) is 12.5 Å². The van der Waals surface area contributed by atoms with E-state index in [0.717, 1.165) is 23.8 Å². The van der Waals surface area contributed by atoms with Gasteiger partial charge < -0.3 is 9.21 Å².